The van der Waals surface area contributed by atoms with Gasteiger partial charge in [-0.2, -0.15) is 0 Å². The van der Waals surface area contributed by atoms with Gasteiger partial charge in [0.25, 0.3) is 0 Å². The Morgan fingerprint density at radius 1 is 1.50 bits per heavy atom. The van der Waals surface area contributed by atoms with Gasteiger partial charge in [0.05, 0.1) is 17.8 Å². The van der Waals surface area contributed by atoms with Crippen molar-refractivity contribution in [2.75, 3.05) is 11.1 Å². The summed E-state index contributed by atoms with van der Waals surface area (Å²) in [6.45, 7) is 0. The van der Waals surface area contributed by atoms with Crippen LogP contribution in [0.4, 0.5) is 11.5 Å². The first-order valence-electron chi connectivity index (χ1n) is 4.92. The highest BCUT2D eigenvalue weighted by atomic mass is 16.3. The van der Waals surface area contributed by atoms with E-state index >= 15 is 0 Å². The Morgan fingerprint density at radius 3 is 3.00 bits per heavy atom. The van der Waals surface area contributed by atoms with E-state index in [-0.39, 0.29) is 12.1 Å². The Bertz CT molecular complexity index is 316. The van der Waals surface area contributed by atoms with E-state index in [0.29, 0.717) is 5.82 Å². The molecule has 14 heavy (non-hydrogen) atoms. The Hall–Kier alpha value is -1.29. The summed E-state index contributed by atoms with van der Waals surface area (Å²) in [4.78, 5) is 3.98. The van der Waals surface area contributed by atoms with Crippen LogP contribution in [0.3, 0.4) is 0 Å². The van der Waals surface area contributed by atoms with Gasteiger partial charge >= 0.3 is 0 Å². The third-order valence-electron chi connectivity index (χ3n) is 2.66. The maximum absolute atomic E-state index is 9.62. The standard InChI is InChI=1S/C10H15N3O/c11-10-8(4-2-6-12-10)13-7-3-1-5-9(7)14/h2,4,6-7,9,13-14H,1,3,5H2,(H2,11,12). The summed E-state index contributed by atoms with van der Waals surface area (Å²) in [5.41, 5.74) is 6.51. The van der Waals surface area contributed by atoms with Crippen molar-refractivity contribution in [2.24, 2.45) is 0 Å². The number of anilines is 2. The van der Waals surface area contributed by atoms with Gasteiger partial charge in [-0.1, -0.05) is 0 Å². The predicted octanol–water partition coefficient (Wildman–Crippen LogP) is 0.989. The lowest BCUT2D eigenvalue weighted by molar-refractivity contribution is 0.172. The lowest BCUT2D eigenvalue weighted by atomic mass is 10.2. The minimum atomic E-state index is -0.255. The van der Waals surface area contributed by atoms with E-state index in [9.17, 15) is 5.11 Å². The van der Waals surface area contributed by atoms with Crippen LogP contribution in [-0.2, 0) is 0 Å². The van der Waals surface area contributed by atoms with Crippen molar-refractivity contribution in [3.8, 4) is 0 Å². The average molecular weight is 193 g/mol. The second kappa shape index (κ2) is 3.84. The summed E-state index contributed by atoms with van der Waals surface area (Å²) in [7, 11) is 0. The number of aliphatic hydroxyl groups is 1. The molecule has 2 rings (SSSR count). The van der Waals surface area contributed by atoms with E-state index in [1.54, 1.807) is 6.20 Å². The van der Waals surface area contributed by atoms with Gasteiger partial charge in [0.15, 0.2) is 0 Å². The fourth-order valence-electron chi connectivity index (χ4n) is 1.85. The average Bonchev–Trinajstić information content (AvgIpc) is 2.56. The number of nitrogens with zero attached hydrogens (tertiary/aromatic N) is 1. The third kappa shape index (κ3) is 1.80. The van der Waals surface area contributed by atoms with E-state index in [1.807, 2.05) is 12.1 Å². The molecule has 1 aromatic heterocycles. The summed E-state index contributed by atoms with van der Waals surface area (Å²) in [5.74, 6) is 0.492. The van der Waals surface area contributed by atoms with E-state index in [4.69, 9.17) is 5.73 Å². The fourth-order valence-corrected chi connectivity index (χ4v) is 1.85. The Labute approximate surface area is 83.2 Å². The topological polar surface area (TPSA) is 71.2 Å². The van der Waals surface area contributed by atoms with Crippen molar-refractivity contribution < 1.29 is 5.11 Å². The molecule has 0 spiro atoms. The van der Waals surface area contributed by atoms with Gasteiger partial charge in [-0.25, -0.2) is 4.98 Å². The zero-order chi connectivity index (χ0) is 9.97. The highest BCUT2D eigenvalue weighted by Crippen LogP contribution is 2.24. The smallest absolute Gasteiger partial charge is 0.146 e. The molecule has 0 radical (unpaired) electrons. The van der Waals surface area contributed by atoms with Crippen molar-refractivity contribution in [2.45, 2.75) is 31.4 Å². The molecule has 2 unspecified atom stereocenters. The van der Waals surface area contributed by atoms with Gasteiger partial charge in [0.2, 0.25) is 0 Å². The van der Waals surface area contributed by atoms with Crippen molar-refractivity contribution in [1.82, 2.24) is 4.98 Å². The molecule has 76 valence electrons. The molecule has 4 nitrogen and oxygen atoms in total. The Kier molecular flexibility index (Phi) is 2.54. The van der Waals surface area contributed by atoms with Gasteiger partial charge < -0.3 is 16.2 Å². The molecule has 0 saturated heterocycles. The van der Waals surface area contributed by atoms with Crippen LogP contribution in [0.25, 0.3) is 0 Å². The molecule has 2 atom stereocenters. The molecule has 1 aliphatic rings. The monoisotopic (exact) mass is 193 g/mol. The van der Waals surface area contributed by atoms with Crippen molar-refractivity contribution >= 4 is 11.5 Å². The number of aliphatic hydroxyl groups excluding tert-OH is 1. The van der Waals surface area contributed by atoms with Crippen molar-refractivity contribution in [3.63, 3.8) is 0 Å². The van der Waals surface area contributed by atoms with Gasteiger partial charge in [-0.15, -0.1) is 0 Å². The highest BCUT2D eigenvalue weighted by molar-refractivity contribution is 5.61. The summed E-state index contributed by atoms with van der Waals surface area (Å²) in [6, 6.07) is 3.84. The SMILES string of the molecule is Nc1ncccc1NC1CCCC1O. The molecule has 0 aliphatic heterocycles. The normalized spacial score (nSPS) is 26.4. The summed E-state index contributed by atoms with van der Waals surface area (Å²) in [5, 5.41) is 12.8. The first-order valence-corrected chi connectivity index (χ1v) is 4.92. The zero-order valence-corrected chi connectivity index (χ0v) is 7.98. The number of hydrogen-bond donors (Lipinski definition) is 3. The van der Waals surface area contributed by atoms with Crippen molar-refractivity contribution in [3.05, 3.63) is 18.3 Å². The number of nitrogens with one attached hydrogen (secondary N) is 1. The first kappa shape index (κ1) is 9.27. The molecule has 0 bridgehead atoms. The van der Waals surface area contributed by atoms with Crippen molar-refractivity contribution in [1.29, 1.82) is 0 Å². The number of aromatic nitrogens is 1. The maximum Gasteiger partial charge on any atom is 0.146 e. The van der Waals surface area contributed by atoms with Gasteiger partial charge in [0, 0.05) is 6.20 Å². The second-order valence-corrected chi connectivity index (χ2v) is 3.69. The molecule has 1 aliphatic carbocycles. The van der Waals surface area contributed by atoms with E-state index in [2.05, 4.69) is 10.3 Å². The number of rotatable bonds is 2. The third-order valence-corrected chi connectivity index (χ3v) is 2.66. The van der Waals surface area contributed by atoms with Crippen LogP contribution in [0, 0.1) is 0 Å². The van der Waals surface area contributed by atoms with Gasteiger partial charge in [-0.3, -0.25) is 0 Å². The molecule has 4 heteroatoms. The largest absolute Gasteiger partial charge is 0.391 e. The zero-order valence-electron chi connectivity index (χ0n) is 7.98. The van der Waals surface area contributed by atoms with Crippen LogP contribution < -0.4 is 11.1 Å². The highest BCUT2D eigenvalue weighted by Gasteiger charge is 2.25. The molecular formula is C10H15N3O. The number of nitrogens with two attached hydrogens (primary N) is 1. The molecule has 0 amide bonds. The van der Waals surface area contributed by atoms with Crippen LogP contribution in [0.1, 0.15) is 19.3 Å². The molecule has 4 N–H and O–H groups in total. The lowest BCUT2D eigenvalue weighted by Crippen LogP contribution is -2.28. The fraction of sp³-hybridized carbons (Fsp3) is 0.500. The van der Waals surface area contributed by atoms with Gasteiger partial charge in [-0.05, 0) is 31.4 Å². The van der Waals surface area contributed by atoms with E-state index in [0.717, 1.165) is 24.9 Å². The number of pyridine rings is 1. The second-order valence-electron chi connectivity index (χ2n) is 3.69. The quantitative estimate of drug-likeness (QED) is 0.655. The summed E-state index contributed by atoms with van der Waals surface area (Å²) >= 11 is 0. The molecule has 1 aromatic rings. The number of hydrogen-bond acceptors (Lipinski definition) is 4. The summed E-state index contributed by atoms with van der Waals surface area (Å²) < 4.78 is 0. The first-order chi connectivity index (χ1) is 6.77. The molecule has 1 heterocycles. The number of nitrogen functional groups attached to an aromatic ring is 1. The molecule has 1 fully saturated rings. The van der Waals surface area contributed by atoms with Crippen LogP contribution in [0.5, 0.6) is 0 Å². The van der Waals surface area contributed by atoms with Gasteiger partial charge in [0.1, 0.15) is 5.82 Å². The van der Waals surface area contributed by atoms with Crippen LogP contribution in [0.2, 0.25) is 0 Å². The summed E-state index contributed by atoms with van der Waals surface area (Å²) in [6.07, 6.45) is 4.34. The predicted molar refractivity (Wildman–Crippen MR) is 55.9 cm³/mol. The van der Waals surface area contributed by atoms with Crippen LogP contribution in [0.15, 0.2) is 18.3 Å². The molecule has 1 saturated carbocycles. The lowest BCUT2D eigenvalue weighted by Gasteiger charge is -2.18. The molecule has 0 aromatic carbocycles. The minimum absolute atomic E-state index is 0.126. The Balaban J connectivity index is 2.07. The van der Waals surface area contributed by atoms with Crippen LogP contribution in [-0.4, -0.2) is 22.2 Å². The molecular weight excluding hydrogens is 178 g/mol. The maximum atomic E-state index is 9.62. The van der Waals surface area contributed by atoms with E-state index < -0.39 is 0 Å². The van der Waals surface area contributed by atoms with E-state index in [1.165, 1.54) is 0 Å². The van der Waals surface area contributed by atoms with Crippen LogP contribution >= 0.6 is 0 Å². The Morgan fingerprint density at radius 2 is 2.36 bits per heavy atom. The minimum Gasteiger partial charge on any atom is -0.391 e.